The van der Waals surface area contributed by atoms with E-state index in [0.29, 0.717) is 6.54 Å². The molecule has 24 heavy (non-hydrogen) atoms. The molecule has 1 unspecified atom stereocenters. The molecule has 0 aliphatic carbocycles. The first-order valence-electron chi connectivity index (χ1n) is 7.90. The largest absolute Gasteiger partial charge is 0.368 e. The maximum atomic E-state index is 11.7. The summed E-state index contributed by atoms with van der Waals surface area (Å²) >= 11 is 0. The van der Waals surface area contributed by atoms with Gasteiger partial charge in [-0.3, -0.25) is 4.79 Å². The van der Waals surface area contributed by atoms with E-state index in [1.807, 2.05) is 59.4 Å². The highest BCUT2D eigenvalue weighted by atomic mass is 16.1. The highest BCUT2D eigenvalue weighted by Gasteiger charge is 2.16. The van der Waals surface area contributed by atoms with Gasteiger partial charge >= 0.3 is 0 Å². The molecule has 0 radical (unpaired) electrons. The average Bonchev–Trinajstić information content (AvgIpc) is 3.14. The van der Waals surface area contributed by atoms with Gasteiger partial charge in [0.05, 0.1) is 5.69 Å². The van der Waals surface area contributed by atoms with Gasteiger partial charge in [-0.1, -0.05) is 42.5 Å². The van der Waals surface area contributed by atoms with Crippen LogP contribution in [0.1, 0.15) is 17.2 Å². The molecule has 0 saturated carbocycles. The van der Waals surface area contributed by atoms with E-state index >= 15 is 0 Å². The second-order valence-corrected chi connectivity index (χ2v) is 5.57. The van der Waals surface area contributed by atoms with Gasteiger partial charge in [-0.25, -0.2) is 4.68 Å². The first-order chi connectivity index (χ1) is 11.7. The van der Waals surface area contributed by atoms with Gasteiger partial charge in [0, 0.05) is 18.9 Å². The van der Waals surface area contributed by atoms with E-state index in [9.17, 15) is 4.79 Å². The highest BCUT2D eigenvalue weighted by Crippen LogP contribution is 2.13. The van der Waals surface area contributed by atoms with Gasteiger partial charge in [0.25, 0.3) is 0 Å². The molecule has 0 aliphatic rings. The number of carbonyl (C=O) groups is 1. The van der Waals surface area contributed by atoms with Crippen molar-refractivity contribution in [3.63, 3.8) is 0 Å². The van der Waals surface area contributed by atoms with Gasteiger partial charge in [0.15, 0.2) is 0 Å². The highest BCUT2D eigenvalue weighted by molar-refractivity contribution is 5.81. The Hall–Kier alpha value is -2.92. The van der Waals surface area contributed by atoms with Crippen LogP contribution < -0.4 is 11.1 Å². The van der Waals surface area contributed by atoms with Crippen LogP contribution in [0.15, 0.2) is 73.1 Å². The molecule has 0 spiro atoms. The summed E-state index contributed by atoms with van der Waals surface area (Å²) in [6.45, 7) is 0.670. The lowest BCUT2D eigenvalue weighted by molar-refractivity contribution is -0.120. The second kappa shape index (κ2) is 7.57. The van der Waals surface area contributed by atoms with Crippen molar-refractivity contribution in [2.24, 2.45) is 5.73 Å². The number of nitrogens with zero attached hydrogens (tertiary/aromatic N) is 2. The standard InChI is InChI=1S/C19H20N4O/c20-19(24)18(16-5-2-1-3-6-16)21-13-11-15-7-9-17(10-8-15)23-14-4-12-22-23/h1-10,12,14,18,21H,11,13H2,(H2,20,24). The summed E-state index contributed by atoms with van der Waals surface area (Å²) in [5.74, 6) is -0.366. The molecular weight excluding hydrogens is 300 g/mol. The van der Waals surface area contributed by atoms with E-state index in [4.69, 9.17) is 5.73 Å². The molecule has 0 saturated heterocycles. The Kier molecular flexibility index (Phi) is 5.03. The number of primary amides is 1. The number of benzene rings is 2. The number of amides is 1. The van der Waals surface area contributed by atoms with E-state index in [1.54, 1.807) is 6.20 Å². The minimum Gasteiger partial charge on any atom is -0.368 e. The van der Waals surface area contributed by atoms with Gasteiger partial charge in [-0.15, -0.1) is 0 Å². The van der Waals surface area contributed by atoms with Crippen LogP contribution in [-0.2, 0) is 11.2 Å². The molecule has 1 amide bonds. The Morgan fingerprint density at radius 1 is 1.08 bits per heavy atom. The summed E-state index contributed by atoms with van der Waals surface area (Å²) in [4.78, 5) is 11.7. The number of hydrogen-bond acceptors (Lipinski definition) is 3. The van der Waals surface area contributed by atoms with Crippen molar-refractivity contribution < 1.29 is 4.79 Å². The van der Waals surface area contributed by atoms with E-state index in [-0.39, 0.29) is 5.91 Å². The molecule has 122 valence electrons. The van der Waals surface area contributed by atoms with Gasteiger partial charge in [-0.2, -0.15) is 5.10 Å². The zero-order valence-corrected chi connectivity index (χ0v) is 13.3. The first-order valence-corrected chi connectivity index (χ1v) is 7.90. The van der Waals surface area contributed by atoms with E-state index in [2.05, 4.69) is 22.5 Å². The lowest BCUT2D eigenvalue weighted by atomic mass is 10.1. The third-order valence-corrected chi connectivity index (χ3v) is 3.88. The summed E-state index contributed by atoms with van der Waals surface area (Å²) < 4.78 is 1.82. The Labute approximate surface area is 141 Å². The molecule has 5 nitrogen and oxygen atoms in total. The van der Waals surface area contributed by atoms with Crippen LogP contribution in [0, 0.1) is 0 Å². The SMILES string of the molecule is NC(=O)C(NCCc1ccc(-n2cccn2)cc1)c1ccccc1. The van der Waals surface area contributed by atoms with Crippen molar-refractivity contribution in [2.45, 2.75) is 12.5 Å². The van der Waals surface area contributed by atoms with Crippen LogP contribution in [0.2, 0.25) is 0 Å². The quantitative estimate of drug-likeness (QED) is 0.701. The molecule has 5 heteroatoms. The van der Waals surface area contributed by atoms with Crippen LogP contribution in [0.5, 0.6) is 0 Å². The normalized spacial score (nSPS) is 12.0. The molecule has 1 aromatic heterocycles. The van der Waals surface area contributed by atoms with Crippen LogP contribution in [0.4, 0.5) is 0 Å². The number of nitrogens with two attached hydrogens (primary N) is 1. The number of aromatic nitrogens is 2. The molecule has 3 N–H and O–H groups in total. The maximum absolute atomic E-state index is 11.7. The topological polar surface area (TPSA) is 72.9 Å². The molecule has 0 aliphatic heterocycles. The van der Waals surface area contributed by atoms with E-state index in [0.717, 1.165) is 17.7 Å². The van der Waals surface area contributed by atoms with E-state index < -0.39 is 6.04 Å². The molecule has 1 heterocycles. The van der Waals surface area contributed by atoms with E-state index in [1.165, 1.54) is 5.56 Å². The zero-order chi connectivity index (χ0) is 16.8. The summed E-state index contributed by atoms with van der Waals surface area (Å²) in [6, 6.07) is 19.2. The number of rotatable bonds is 7. The minimum absolute atomic E-state index is 0.366. The maximum Gasteiger partial charge on any atom is 0.239 e. The van der Waals surface area contributed by atoms with Crippen molar-refractivity contribution in [1.29, 1.82) is 0 Å². The Morgan fingerprint density at radius 2 is 1.83 bits per heavy atom. The number of carbonyl (C=O) groups excluding carboxylic acids is 1. The average molecular weight is 320 g/mol. The lowest BCUT2D eigenvalue weighted by Crippen LogP contribution is -2.34. The summed E-state index contributed by atoms with van der Waals surface area (Å²) in [5, 5.41) is 7.44. The van der Waals surface area contributed by atoms with Crippen molar-refractivity contribution in [3.8, 4) is 5.69 Å². The van der Waals surface area contributed by atoms with Crippen molar-refractivity contribution in [2.75, 3.05) is 6.54 Å². The summed E-state index contributed by atoms with van der Waals surface area (Å²) in [5.41, 5.74) is 8.61. The molecule has 3 rings (SSSR count). The zero-order valence-electron chi connectivity index (χ0n) is 13.3. The van der Waals surface area contributed by atoms with Crippen molar-refractivity contribution >= 4 is 5.91 Å². The Bertz CT molecular complexity index is 767. The van der Waals surface area contributed by atoms with Gasteiger partial charge in [-0.05, 0) is 35.7 Å². The fourth-order valence-electron chi connectivity index (χ4n) is 2.63. The third-order valence-electron chi connectivity index (χ3n) is 3.88. The molecule has 1 atom stereocenters. The van der Waals surface area contributed by atoms with Crippen LogP contribution in [0.3, 0.4) is 0 Å². The lowest BCUT2D eigenvalue weighted by Gasteiger charge is -2.15. The van der Waals surface area contributed by atoms with Crippen molar-refractivity contribution in [1.82, 2.24) is 15.1 Å². The van der Waals surface area contributed by atoms with Crippen molar-refractivity contribution in [3.05, 3.63) is 84.2 Å². The Morgan fingerprint density at radius 3 is 2.46 bits per heavy atom. The van der Waals surface area contributed by atoms with Gasteiger partial charge in [0.1, 0.15) is 6.04 Å². The first kappa shape index (κ1) is 16.0. The number of hydrogen-bond donors (Lipinski definition) is 2. The molecular formula is C19H20N4O. The predicted octanol–water partition coefficient (Wildman–Crippen LogP) is 2.23. The Balaban J connectivity index is 1.58. The smallest absolute Gasteiger partial charge is 0.239 e. The summed E-state index contributed by atoms with van der Waals surface area (Å²) in [6.07, 6.45) is 4.48. The molecule has 0 fully saturated rings. The van der Waals surface area contributed by atoms with Gasteiger partial charge < -0.3 is 11.1 Å². The molecule has 0 bridgehead atoms. The second-order valence-electron chi connectivity index (χ2n) is 5.57. The van der Waals surface area contributed by atoms with Crippen LogP contribution >= 0.6 is 0 Å². The van der Waals surface area contributed by atoms with Gasteiger partial charge in [0.2, 0.25) is 5.91 Å². The fourth-order valence-corrected chi connectivity index (χ4v) is 2.63. The fraction of sp³-hybridized carbons (Fsp3) is 0.158. The molecule has 3 aromatic rings. The van der Waals surface area contributed by atoms with Crippen LogP contribution in [-0.4, -0.2) is 22.2 Å². The predicted molar refractivity (Wildman–Crippen MR) is 93.6 cm³/mol. The monoisotopic (exact) mass is 320 g/mol. The summed E-state index contributed by atoms with van der Waals surface area (Å²) in [7, 11) is 0. The number of nitrogens with one attached hydrogen (secondary N) is 1. The minimum atomic E-state index is -0.463. The molecule has 2 aromatic carbocycles. The third kappa shape index (κ3) is 3.88. The van der Waals surface area contributed by atoms with Crippen LogP contribution in [0.25, 0.3) is 5.69 Å².